The van der Waals surface area contributed by atoms with Crippen molar-refractivity contribution in [2.45, 2.75) is 44.8 Å². The molecule has 0 spiro atoms. The second-order valence-electron chi connectivity index (χ2n) is 7.87. The van der Waals surface area contributed by atoms with Gasteiger partial charge in [-0.3, -0.25) is 9.69 Å². The number of hydrogen-bond acceptors (Lipinski definition) is 4. The van der Waals surface area contributed by atoms with Crippen LogP contribution in [-0.2, 0) is 11.4 Å². The van der Waals surface area contributed by atoms with E-state index in [1.807, 2.05) is 24.3 Å². The second-order valence-corrected chi connectivity index (χ2v) is 9.07. The second kappa shape index (κ2) is 10.1. The Bertz CT molecular complexity index is 1070. The number of ether oxygens (including phenoxy) is 2. The minimum Gasteiger partial charge on any atom is -0.493 e. The lowest BCUT2D eigenvalue weighted by Gasteiger charge is -2.29. The van der Waals surface area contributed by atoms with Gasteiger partial charge in [-0.15, -0.1) is 0 Å². The number of amides is 1. The zero-order valence-electron chi connectivity index (χ0n) is 17.7. The fourth-order valence-corrected chi connectivity index (χ4v) is 4.78. The Morgan fingerprint density at radius 1 is 1.16 bits per heavy atom. The first-order valence-corrected chi connectivity index (χ1v) is 11.7. The van der Waals surface area contributed by atoms with Crippen molar-refractivity contribution in [2.24, 2.45) is 0 Å². The SMILES string of the molecule is COc1cccc(/C=C2/NC(=S)N(C3CCCCC3)C2=O)c1OCc1ccc(Cl)c(Cl)c1. The molecule has 32 heavy (non-hydrogen) atoms. The molecule has 0 bridgehead atoms. The summed E-state index contributed by atoms with van der Waals surface area (Å²) in [5, 5.41) is 4.51. The Kier molecular flexibility index (Phi) is 7.23. The molecular formula is C24H24Cl2N2O3S. The summed E-state index contributed by atoms with van der Waals surface area (Å²) >= 11 is 17.6. The van der Waals surface area contributed by atoms with Crippen molar-refractivity contribution in [3.8, 4) is 11.5 Å². The molecule has 1 saturated carbocycles. The molecule has 4 rings (SSSR count). The summed E-state index contributed by atoms with van der Waals surface area (Å²) in [6, 6.07) is 11.1. The van der Waals surface area contributed by atoms with Crippen LogP contribution in [0.4, 0.5) is 0 Å². The van der Waals surface area contributed by atoms with E-state index in [2.05, 4.69) is 5.32 Å². The van der Waals surface area contributed by atoms with E-state index in [4.69, 9.17) is 44.9 Å². The fraction of sp³-hybridized carbons (Fsp3) is 0.333. The van der Waals surface area contributed by atoms with Gasteiger partial charge in [0.1, 0.15) is 12.3 Å². The van der Waals surface area contributed by atoms with Gasteiger partial charge in [-0.05, 0) is 54.9 Å². The molecule has 0 aromatic heterocycles. The van der Waals surface area contributed by atoms with Crippen molar-refractivity contribution < 1.29 is 14.3 Å². The summed E-state index contributed by atoms with van der Waals surface area (Å²) in [4.78, 5) is 14.9. The van der Waals surface area contributed by atoms with Crippen molar-refractivity contribution >= 4 is 52.5 Å². The first-order chi connectivity index (χ1) is 15.5. The Labute approximate surface area is 203 Å². The number of thiocarbonyl (C=S) groups is 1. The predicted molar refractivity (Wildman–Crippen MR) is 131 cm³/mol. The summed E-state index contributed by atoms with van der Waals surface area (Å²) in [6.07, 6.45) is 7.20. The smallest absolute Gasteiger partial charge is 0.276 e. The van der Waals surface area contributed by atoms with Gasteiger partial charge in [0, 0.05) is 11.6 Å². The van der Waals surface area contributed by atoms with Crippen molar-refractivity contribution in [3.63, 3.8) is 0 Å². The topological polar surface area (TPSA) is 50.8 Å². The molecule has 2 aromatic carbocycles. The number of halogens is 2. The van der Waals surface area contributed by atoms with E-state index in [1.54, 1.807) is 30.2 Å². The number of benzene rings is 2. The predicted octanol–water partition coefficient (Wildman–Crippen LogP) is 5.97. The zero-order chi connectivity index (χ0) is 22.7. The lowest BCUT2D eigenvalue weighted by molar-refractivity contribution is -0.124. The summed E-state index contributed by atoms with van der Waals surface area (Å²) < 4.78 is 11.6. The molecule has 2 aliphatic rings. The molecule has 5 nitrogen and oxygen atoms in total. The van der Waals surface area contributed by atoms with Crippen molar-refractivity contribution in [2.75, 3.05) is 7.11 Å². The highest BCUT2D eigenvalue weighted by Crippen LogP contribution is 2.35. The Morgan fingerprint density at radius 2 is 1.94 bits per heavy atom. The summed E-state index contributed by atoms with van der Waals surface area (Å²) in [5.74, 6) is 1.00. The zero-order valence-corrected chi connectivity index (χ0v) is 20.0. The molecule has 1 heterocycles. The van der Waals surface area contributed by atoms with Crippen LogP contribution in [0.3, 0.4) is 0 Å². The largest absolute Gasteiger partial charge is 0.493 e. The van der Waals surface area contributed by atoms with Gasteiger partial charge in [0.15, 0.2) is 16.6 Å². The number of rotatable bonds is 6. The van der Waals surface area contributed by atoms with Gasteiger partial charge in [0.2, 0.25) is 0 Å². The molecule has 2 aromatic rings. The van der Waals surface area contributed by atoms with E-state index in [0.717, 1.165) is 31.2 Å². The van der Waals surface area contributed by atoms with Gasteiger partial charge in [-0.1, -0.05) is 60.7 Å². The van der Waals surface area contributed by atoms with Crippen LogP contribution in [0, 0.1) is 0 Å². The maximum absolute atomic E-state index is 13.1. The fourth-order valence-electron chi connectivity index (χ4n) is 4.12. The van der Waals surface area contributed by atoms with E-state index < -0.39 is 0 Å². The van der Waals surface area contributed by atoms with Crippen LogP contribution in [0.5, 0.6) is 11.5 Å². The summed E-state index contributed by atoms with van der Waals surface area (Å²) in [5.41, 5.74) is 2.02. The first-order valence-electron chi connectivity index (χ1n) is 10.6. The number of para-hydroxylation sites is 1. The van der Waals surface area contributed by atoms with Gasteiger partial charge >= 0.3 is 0 Å². The van der Waals surface area contributed by atoms with Gasteiger partial charge < -0.3 is 14.8 Å². The van der Waals surface area contributed by atoms with Crippen molar-refractivity contribution in [1.29, 1.82) is 0 Å². The van der Waals surface area contributed by atoms with Gasteiger partial charge in [-0.25, -0.2) is 0 Å². The molecule has 1 aliphatic heterocycles. The van der Waals surface area contributed by atoms with E-state index in [0.29, 0.717) is 37.9 Å². The lowest BCUT2D eigenvalue weighted by atomic mass is 9.94. The minimum atomic E-state index is -0.0971. The number of nitrogens with one attached hydrogen (secondary N) is 1. The molecule has 8 heteroatoms. The molecule has 0 atom stereocenters. The molecule has 2 fully saturated rings. The van der Waals surface area contributed by atoms with Crippen LogP contribution in [0.1, 0.15) is 43.2 Å². The number of hydrogen-bond donors (Lipinski definition) is 1. The standard InChI is InChI=1S/C24H24Cl2N2O3S/c1-30-21-9-5-6-16(22(21)31-14-15-10-11-18(25)19(26)12-15)13-20-23(29)28(24(32)27-20)17-7-3-2-4-8-17/h5-6,9-13,17H,2-4,7-8,14H2,1H3,(H,27,32)/b20-13+. The molecule has 1 amide bonds. The normalized spacial score (nSPS) is 18.2. The van der Waals surface area contributed by atoms with Gasteiger partial charge in [0.05, 0.1) is 17.2 Å². The molecule has 1 saturated heterocycles. The third kappa shape index (κ3) is 4.87. The maximum atomic E-state index is 13.1. The third-order valence-electron chi connectivity index (χ3n) is 5.75. The van der Waals surface area contributed by atoms with E-state index in [9.17, 15) is 4.79 Å². The summed E-state index contributed by atoms with van der Waals surface area (Å²) in [6.45, 7) is 0.265. The van der Waals surface area contributed by atoms with Crippen molar-refractivity contribution in [3.05, 3.63) is 63.3 Å². The summed E-state index contributed by atoms with van der Waals surface area (Å²) in [7, 11) is 1.58. The number of carbonyl (C=O) groups is 1. The highest BCUT2D eigenvalue weighted by atomic mass is 35.5. The average Bonchev–Trinajstić information content (AvgIpc) is 3.08. The van der Waals surface area contributed by atoms with Crippen LogP contribution in [0.25, 0.3) is 6.08 Å². The molecular weight excluding hydrogens is 467 g/mol. The van der Waals surface area contributed by atoms with Crippen molar-refractivity contribution in [1.82, 2.24) is 10.2 Å². The molecule has 0 unspecified atom stereocenters. The molecule has 0 radical (unpaired) electrons. The maximum Gasteiger partial charge on any atom is 0.276 e. The third-order valence-corrected chi connectivity index (χ3v) is 6.78. The number of carbonyl (C=O) groups excluding carboxylic acids is 1. The van der Waals surface area contributed by atoms with Gasteiger partial charge in [-0.2, -0.15) is 0 Å². The van der Waals surface area contributed by atoms with Crippen LogP contribution < -0.4 is 14.8 Å². The average molecular weight is 491 g/mol. The van der Waals surface area contributed by atoms with Crippen LogP contribution in [0.2, 0.25) is 10.0 Å². The van der Waals surface area contributed by atoms with E-state index >= 15 is 0 Å². The Balaban J connectivity index is 1.59. The molecule has 168 valence electrons. The minimum absolute atomic E-state index is 0.0971. The Morgan fingerprint density at radius 3 is 2.66 bits per heavy atom. The number of methoxy groups -OCH3 is 1. The highest BCUT2D eigenvalue weighted by molar-refractivity contribution is 7.80. The lowest BCUT2D eigenvalue weighted by Crippen LogP contribution is -2.41. The molecule has 1 N–H and O–H groups in total. The Hall–Kier alpha value is -2.28. The van der Waals surface area contributed by atoms with E-state index in [1.165, 1.54) is 6.42 Å². The molecule has 1 aliphatic carbocycles. The first kappa shape index (κ1) is 22.9. The van der Waals surface area contributed by atoms with Crippen LogP contribution >= 0.6 is 35.4 Å². The van der Waals surface area contributed by atoms with Crippen LogP contribution in [-0.4, -0.2) is 29.1 Å². The monoisotopic (exact) mass is 490 g/mol. The number of nitrogens with zero attached hydrogens (tertiary/aromatic N) is 1. The van der Waals surface area contributed by atoms with Gasteiger partial charge in [0.25, 0.3) is 5.91 Å². The highest BCUT2D eigenvalue weighted by Gasteiger charge is 2.36. The quantitative estimate of drug-likeness (QED) is 0.399. The van der Waals surface area contributed by atoms with Crippen LogP contribution in [0.15, 0.2) is 42.1 Å². The van der Waals surface area contributed by atoms with E-state index in [-0.39, 0.29) is 18.6 Å².